The highest BCUT2D eigenvalue weighted by atomic mass is 16.5. The van der Waals surface area contributed by atoms with Gasteiger partial charge >= 0.3 is 5.97 Å². The molecule has 114 valence electrons. The van der Waals surface area contributed by atoms with Gasteiger partial charge in [0.15, 0.2) is 0 Å². The van der Waals surface area contributed by atoms with Crippen LogP contribution in [0, 0.1) is 5.41 Å². The third-order valence-electron chi connectivity index (χ3n) is 4.07. The number of carbonyl (C=O) groups excluding carboxylic acids is 2. The maximum absolute atomic E-state index is 12.3. The Morgan fingerprint density at radius 3 is 2.38 bits per heavy atom. The Hall–Kier alpha value is -1.84. The van der Waals surface area contributed by atoms with Gasteiger partial charge in [-0.05, 0) is 43.5 Å². The lowest BCUT2D eigenvalue weighted by Crippen LogP contribution is -2.30. The zero-order valence-electron chi connectivity index (χ0n) is 12.8. The summed E-state index contributed by atoms with van der Waals surface area (Å²) in [5.74, 6) is -0.251. The van der Waals surface area contributed by atoms with Gasteiger partial charge in [-0.3, -0.25) is 4.79 Å². The van der Waals surface area contributed by atoms with Gasteiger partial charge in [-0.1, -0.05) is 26.7 Å². The molecule has 2 rings (SSSR count). The maximum atomic E-state index is 12.3. The van der Waals surface area contributed by atoms with E-state index in [2.05, 4.69) is 5.32 Å². The van der Waals surface area contributed by atoms with Crippen molar-refractivity contribution in [3.8, 4) is 0 Å². The van der Waals surface area contributed by atoms with Gasteiger partial charge in [-0.15, -0.1) is 0 Å². The molecule has 0 heterocycles. The van der Waals surface area contributed by atoms with E-state index in [1.807, 2.05) is 13.8 Å². The number of nitrogens with one attached hydrogen (secondary N) is 1. The standard InChI is InChI=1S/C17H23NO3/c1-3-12-21-15(19)13-6-8-14(9-7-13)18-16(20)17(2)10-4-5-11-17/h6-9H,3-5,10-12H2,1-2H3,(H,18,20). The molecule has 4 nitrogen and oxygen atoms in total. The van der Waals surface area contributed by atoms with E-state index in [9.17, 15) is 9.59 Å². The first-order chi connectivity index (χ1) is 10.0. The molecule has 1 fully saturated rings. The lowest BCUT2D eigenvalue weighted by molar-refractivity contribution is -0.124. The van der Waals surface area contributed by atoms with Gasteiger partial charge in [0.2, 0.25) is 5.91 Å². The summed E-state index contributed by atoms with van der Waals surface area (Å²) in [4.78, 5) is 24.0. The Balaban J connectivity index is 1.96. The molecule has 1 saturated carbocycles. The van der Waals surface area contributed by atoms with Gasteiger partial charge < -0.3 is 10.1 Å². The number of anilines is 1. The molecule has 0 bridgehead atoms. The van der Waals surface area contributed by atoms with Crippen molar-refractivity contribution in [2.75, 3.05) is 11.9 Å². The van der Waals surface area contributed by atoms with Crippen molar-refractivity contribution >= 4 is 17.6 Å². The molecule has 1 aromatic carbocycles. The summed E-state index contributed by atoms with van der Waals surface area (Å²) in [7, 11) is 0. The summed E-state index contributed by atoms with van der Waals surface area (Å²) in [5.41, 5.74) is 0.979. The van der Waals surface area contributed by atoms with E-state index in [-0.39, 0.29) is 17.3 Å². The minimum absolute atomic E-state index is 0.0707. The van der Waals surface area contributed by atoms with Crippen molar-refractivity contribution in [2.24, 2.45) is 5.41 Å². The molecule has 0 radical (unpaired) electrons. The molecule has 1 aliphatic rings. The Labute approximate surface area is 125 Å². The van der Waals surface area contributed by atoms with E-state index in [0.717, 1.165) is 37.8 Å². The SMILES string of the molecule is CCCOC(=O)c1ccc(NC(=O)C2(C)CCCC2)cc1. The van der Waals surface area contributed by atoms with Gasteiger partial charge in [-0.25, -0.2) is 4.79 Å². The van der Waals surface area contributed by atoms with Crippen LogP contribution in [-0.4, -0.2) is 18.5 Å². The molecule has 0 unspecified atom stereocenters. The second-order valence-electron chi connectivity index (χ2n) is 5.94. The Morgan fingerprint density at radius 1 is 1.19 bits per heavy atom. The molecule has 1 N–H and O–H groups in total. The summed E-state index contributed by atoms with van der Waals surface area (Å²) in [5, 5.41) is 2.94. The number of hydrogen-bond donors (Lipinski definition) is 1. The molecular formula is C17H23NO3. The van der Waals surface area contributed by atoms with Gasteiger partial charge in [0, 0.05) is 11.1 Å². The highest BCUT2D eigenvalue weighted by Crippen LogP contribution is 2.38. The van der Waals surface area contributed by atoms with Gasteiger partial charge in [0.05, 0.1) is 12.2 Å². The van der Waals surface area contributed by atoms with Crippen LogP contribution in [0.4, 0.5) is 5.69 Å². The first-order valence-electron chi connectivity index (χ1n) is 7.64. The summed E-state index contributed by atoms with van der Waals surface area (Å²) in [6, 6.07) is 6.87. The van der Waals surface area contributed by atoms with Gasteiger partial charge in [-0.2, -0.15) is 0 Å². The van der Waals surface area contributed by atoms with Crippen LogP contribution >= 0.6 is 0 Å². The molecule has 0 aliphatic heterocycles. The van der Waals surface area contributed by atoms with Crippen LogP contribution in [0.5, 0.6) is 0 Å². The van der Waals surface area contributed by atoms with Crippen molar-refractivity contribution in [3.05, 3.63) is 29.8 Å². The molecule has 1 amide bonds. The van der Waals surface area contributed by atoms with Gasteiger partial charge in [0.25, 0.3) is 0 Å². The summed E-state index contributed by atoms with van der Waals surface area (Å²) < 4.78 is 5.07. The fraction of sp³-hybridized carbons (Fsp3) is 0.529. The average molecular weight is 289 g/mol. The summed E-state index contributed by atoms with van der Waals surface area (Å²) >= 11 is 0. The number of amides is 1. The second-order valence-corrected chi connectivity index (χ2v) is 5.94. The van der Waals surface area contributed by atoms with Crippen molar-refractivity contribution < 1.29 is 14.3 Å². The van der Waals surface area contributed by atoms with Crippen molar-refractivity contribution in [1.29, 1.82) is 0 Å². The monoisotopic (exact) mass is 289 g/mol. The molecule has 0 saturated heterocycles. The molecule has 1 aromatic rings. The molecule has 0 aromatic heterocycles. The van der Waals surface area contributed by atoms with Crippen LogP contribution in [0.3, 0.4) is 0 Å². The van der Waals surface area contributed by atoms with Crippen LogP contribution in [0.2, 0.25) is 0 Å². The first-order valence-corrected chi connectivity index (χ1v) is 7.64. The zero-order valence-corrected chi connectivity index (χ0v) is 12.8. The van der Waals surface area contributed by atoms with E-state index >= 15 is 0 Å². The average Bonchev–Trinajstić information content (AvgIpc) is 2.94. The van der Waals surface area contributed by atoms with Crippen LogP contribution < -0.4 is 5.32 Å². The Morgan fingerprint density at radius 2 is 1.81 bits per heavy atom. The molecule has 0 spiro atoms. The fourth-order valence-corrected chi connectivity index (χ4v) is 2.63. The van der Waals surface area contributed by atoms with Crippen LogP contribution in [0.15, 0.2) is 24.3 Å². The highest BCUT2D eigenvalue weighted by molar-refractivity contribution is 5.96. The Bertz CT molecular complexity index is 501. The van der Waals surface area contributed by atoms with Crippen LogP contribution in [0.1, 0.15) is 56.3 Å². The topological polar surface area (TPSA) is 55.4 Å². The van der Waals surface area contributed by atoms with Crippen LogP contribution in [-0.2, 0) is 9.53 Å². The van der Waals surface area contributed by atoms with E-state index in [1.54, 1.807) is 24.3 Å². The van der Waals surface area contributed by atoms with Crippen molar-refractivity contribution in [3.63, 3.8) is 0 Å². The number of ether oxygens (including phenoxy) is 1. The zero-order chi connectivity index (χ0) is 15.3. The molecule has 4 heteroatoms. The van der Waals surface area contributed by atoms with Gasteiger partial charge in [0.1, 0.15) is 0 Å². The van der Waals surface area contributed by atoms with Crippen molar-refractivity contribution in [2.45, 2.75) is 46.0 Å². The third-order valence-corrected chi connectivity index (χ3v) is 4.07. The minimum atomic E-state index is -0.322. The second kappa shape index (κ2) is 6.74. The molecular weight excluding hydrogens is 266 g/mol. The maximum Gasteiger partial charge on any atom is 0.338 e. The number of carbonyl (C=O) groups is 2. The number of hydrogen-bond acceptors (Lipinski definition) is 3. The minimum Gasteiger partial charge on any atom is -0.462 e. The smallest absolute Gasteiger partial charge is 0.338 e. The predicted molar refractivity (Wildman–Crippen MR) is 82.2 cm³/mol. The molecule has 0 atom stereocenters. The fourth-order valence-electron chi connectivity index (χ4n) is 2.63. The number of esters is 1. The number of benzene rings is 1. The summed E-state index contributed by atoms with van der Waals surface area (Å²) in [6.07, 6.45) is 4.93. The van der Waals surface area contributed by atoms with E-state index in [4.69, 9.17) is 4.74 Å². The van der Waals surface area contributed by atoms with E-state index in [1.165, 1.54) is 0 Å². The van der Waals surface area contributed by atoms with E-state index < -0.39 is 0 Å². The largest absolute Gasteiger partial charge is 0.462 e. The highest BCUT2D eigenvalue weighted by Gasteiger charge is 2.36. The Kier molecular flexibility index (Phi) is 4.99. The quantitative estimate of drug-likeness (QED) is 0.839. The third kappa shape index (κ3) is 3.84. The lowest BCUT2D eigenvalue weighted by Gasteiger charge is -2.22. The lowest BCUT2D eigenvalue weighted by atomic mass is 9.88. The van der Waals surface area contributed by atoms with Crippen molar-refractivity contribution in [1.82, 2.24) is 0 Å². The normalized spacial score (nSPS) is 16.5. The van der Waals surface area contributed by atoms with E-state index in [0.29, 0.717) is 12.2 Å². The number of rotatable bonds is 5. The molecule has 21 heavy (non-hydrogen) atoms. The summed E-state index contributed by atoms with van der Waals surface area (Å²) in [6.45, 7) is 4.40. The first kappa shape index (κ1) is 15.5. The van der Waals surface area contributed by atoms with Crippen LogP contribution in [0.25, 0.3) is 0 Å². The molecule has 1 aliphatic carbocycles. The predicted octanol–water partition coefficient (Wildman–Crippen LogP) is 3.77.